The van der Waals surface area contributed by atoms with Crippen LogP contribution in [0.4, 0.5) is 0 Å². The van der Waals surface area contributed by atoms with E-state index in [2.05, 4.69) is 18.0 Å². The molecule has 0 saturated heterocycles. The lowest BCUT2D eigenvalue weighted by Gasteiger charge is -1.80. The van der Waals surface area contributed by atoms with Gasteiger partial charge in [-0.15, -0.1) is 0 Å². The monoisotopic (exact) mass is 145 g/mol. The van der Waals surface area contributed by atoms with E-state index in [9.17, 15) is 0 Å². The van der Waals surface area contributed by atoms with Crippen LogP contribution >= 0.6 is 0 Å². The topological polar surface area (TPSA) is 12.9 Å². The average Bonchev–Trinajstić information content (AvgIpc) is 2.03. The van der Waals surface area contributed by atoms with Crippen molar-refractivity contribution in [1.29, 1.82) is 0 Å². The summed E-state index contributed by atoms with van der Waals surface area (Å²) in [6.07, 6.45) is 3.53. The molecule has 0 aliphatic heterocycles. The first kappa shape index (κ1) is 7.73. The SMILES string of the molecule is Cc1cccccnccc1. The minimum absolute atomic E-state index is 1.23. The summed E-state index contributed by atoms with van der Waals surface area (Å²) in [4.78, 5) is 4.00. The van der Waals surface area contributed by atoms with Gasteiger partial charge in [-0.2, -0.15) is 0 Å². The summed E-state index contributed by atoms with van der Waals surface area (Å²) >= 11 is 0. The number of hydrogen-bond donors (Lipinski definition) is 0. The van der Waals surface area contributed by atoms with Gasteiger partial charge in [-0.05, 0) is 19.1 Å². The van der Waals surface area contributed by atoms with Gasteiger partial charge in [-0.25, -0.2) is 0 Å². The van der Waals surface area contributed by atoms with E-state index in [1.165, 1.54) is 5.56 Å². The lowest BCUT2D eigenvalue weighted by atomic mass is 10.3. The second-order valence-electron chi connectivity index (χ2n) is 2.29. The lowest BCUT2D eigenvalue weighted by Crippen LogP contribution is -1.62. The van der Waals surface area contributed by atoms with Crippen LogP contribution < -0.4 is 0 Å². The van der Waals surface area contributed by atoms with E-state index in [1.54, 1.807) is 12.4 Å². The van der Waals surface area contributed by atoms with E-state index in [4.69, 9.17) is 0 Å². The molecule has 1 aromatic rings. The Bertz CT molecular complexity index is 242. The van der Waals surface area contributed by atoms with Crippen LogP contribution in [0.1, 0.15) is 5.56 Å². The molecule has 1 aromatic heterocycles. The Morgan fingerprint density at radius 1 is 0.909 bits per heavy atom. The van der Waals surface area contributed by atoms with E-state index in [-0.39, 0.29) is 0 Å². The van der Waals surface area contributed by atoms with Gasteiger partial charge in [-0.3, -0.25) is 4.98 Å². The van der Waals surface area contributed by atoms with Crippen LogP contribution in [0.5, 0.6) is 0 Å². The van der Waals surface area contributed by atoms with E-state index in [0.717, 1.165) is 0 Å². The van der Waals surface area contributed by atoms with Crippen LogP contribution in [0.2, 0.25) is 0 Å². The molecule has 56 valence electrons. The zero-order chi connectivity index (χ0) is 7.94. The van der Waals surface area contributed by atoms with Crippen molar-refractivity contribution in [2.45, 2.75) is 6.92 Å². The molecule has 1 nitrogen and oxygen atoms in total. The van der Waals surface area contributed by atoms with E-state index < -0.39 is 0 Å². The largest absolute Gasteiger partial charge is 0.265 e. The third-order valence-corrected chi connectivity index (χ3v) is 1.28. The molecule has 0 unspecified atom stereocenters. The van der Waals surface area contributed by atoms with Crippen molar-refractivity contribution in [3.8, 4) is 0 Å². The average molecular weight is 145 g/mol. The fraction of sp³-hybridized carbons (Fsp3) is 0.100. The third kappa shape index (κ3) is 3.36. The number of nitrogens with zero attached hydrogens (tertiary/aromatic N) is 1. The van der Waals surface area contributed by atoms with Gasteiger partial charge >= 0.3 is 0 Å². The van der Waals surface area contributed by atoms with Crippen LogP contribution in [-0.2, 0) is 0 Å². The van der Waals surface area contributed by atoms with E-state index >= 15 is 0 Å². The number of hydrogen-bond acceptors (Lipinski definition) is 1. The molecule has 1 heterocycles. The molecule has 1 rings (SSSR count). The standard InChI is InChI=1S/C10H11N/c1-10-6-3-2-4-8-11-9-5-7-10/h2-9H,1H3. The third-order valence-electron chi connectivity index (χ3n) is 1.28. The number of aryl methyl sites for hydroxylation is 1. The molecule has 0 spiro atoms. The van der Waals surface area contributed by atoms with Gasteiger partial charge in [0.15, 0.2) is 0 Å². The first-order valence-corrected chi connectivity index (χ1v) is 3.59. The fourth-order valence-electron chi connectivity index (χ4n) is 0.721. The maximum atomic E-state index is 4.00. The fourth-order valence-corrected chi connectivity index (χ4v) is 0.721. The van der Waals surface area contributed by atoms with Crippen LogP contribution in [0.15, 0.2) is 48.8 Å². The summed E-state index contributed by atoms with van der Waals surface area (Å²) in [5, 5.41) is 0. The first-order chi connectivity index (χ1) is 5.39. The van der Waals surface area contributed by atoms with Crippen molar-refractivity contribution in [2.24, 2.45) is 0 Å². The van der Waals surface area contributed by atoms with Gasteiger partial charge < -0.3 is 0 Å². The van der Waals surface area contributed by atoms with Gasteiger partial charge in [0.1, 0.15) is 0 Å². The summed E-state index contributed by atoms with van der Waals surface area (Å²) in [5.74, 6) is 0. The van der Waals surface area contributed by atoms with Crippen molar-refractivity contribution >= 4 is 0 Å². The minimum Gasteiger partial charge on any atom is -0.265 e. The van der Waals surface area contributed by atoms with Crippen molar-refractivity contribution in [3.05, 3.63) is 54.4 Å². The molecule has 0 fully saturated rings. The van der Waals surface area contributed by atoms with Gasteiger partial charge in [0.25, 0.3) is 0 Å². The van der Waals surface area contributed by atoms with Crippen molar-refractivity contribution in [3.63, 3.8) is 0 Å². The summed E-state index contributed by atoms with van der Waals surface area (Å²) in [6, 6.07) is 11.9. The maximum Gasteiger partial charge on any atom is 0.0267 e. The molecule has 0 bridgehead atoms. The van der Waals surface area contributed by atoms with Crippen molar-refractivity contribution in [2.75, 3.05) is 0 Å². The van der Waals surface area contributed by atoms with Gasteiger partial charge in [0.2, 0.25) is 0 Å². The zero-order valence-corrected chi connectivity index (χ0v) is 6.57. The predicted octanol–water partition coefficient (Wildman–Crippen LogP) is 2.51. The number of rotatable bonds is 0. The molecule has 11 heavy (non-hydrogen) atoms. The molecule has 0 amide bonds. The Hall–Kier alpha value is -1.37. The van der Waals surface area contributed by atoms with Gasteiger partial charge in [0.05, 0.1) is 0 Å². The molecule has 0 aliphatic carbocycles. The maximum absolute atomic E-state index is 4.00. The summed E-state index contributed by atoms with van der Waals surface area (Å²) < 4.78 is 0. The minimum atomic E-state index is 1.23. The molecular weight excluding hydrogens is 134 g/mol. The Labute approximate surface area is 67.1 Å². The second-order valence-corrected chi connectivity index (χ2v) is 2.29. The Balaban J connectivity index is 3.11. The predicted molar refractivity (Wildman–Crippen MR) is 46.6 cm³/mol. The molecule has 0 atom stereocenters. The van der Waals surface area contributed by atoms with Gasteiger partial charge in [0, 0.05) is 12.4 Å². The normalized spacial score (nSPS) is 8.45. The van der Waals surface area contributed by atoms with Crippen molar-refractivity contribution < 1.29 is 0 Å². The Kier molecular flexibility index (Phi) is 3.13. The highest BCUT2D eigenvalue weighted by molar-refractivity contribution is 5.07. The molecule has 1 heteroatoms. The first-order valence-electron chi connectivity index (χ1n) is 3.59. The number of aromatic nitrogens is 1. The van der Waals surface area contributed by atoms with E-state index in [1.807, 2.05) is 30.3 Å². The molecule has 0 aromatic carbocycles. The smallest absolute Gasteiger partial charge is 0.0267 e. The quantitative estimate of drug-likeness (QED) is 0.546. The van der Waals surface area contributed by atoms with Crippen LogP contribution in [0.25, 0.3) is 0 Å². The zero-order valence-electron chi connectivity index (χ0n) is 6.57. The molecule has 0 saturated carbocycles. The molecule has 0 radical (unpaired) electrons. The molecular formula is C10H11N. The highest BCUT2D eigenvalue weighted by atomic mass is 14.6. The summed E-state index contributed by atoms with van der Waals surface area (Å²) in [5.41, 5.74) is 1.23. The van der Waals surface area contributed by atoms with Crippen molar-refractivity contribution in [1.82, 2.24) is 4.98 Å². The van der Waals surface area contributed by atoms with Gasteiger partial charge in [-0.1, -0.05) is 29.8 Å². The summed E-state index contributed by atoms with van der Waals surface area (Å²) in [7, 11) is 0. The molecule has 0 N–H and O–H groups in total. The highest BCUT2D eigenvalue weighted by Crippen LogP contribution is 1.88. The Morgan fingerprint density at radius 3 is 2.55 bits per heavy atom. The lowest BCUT2D eigenvalue weighted by molar-refractivity contribution is 1.34. The Morgan fingerprint density at radius 2 is 1.64 bits per heavy atom. The van der Waals surface area contributed by atoms with Crippen LogP contribution in [0, 0.1) is 6.92 Å². The second kappa shape index (κ2) is 4.45. The van der Waals surface area contributed by atoms with E-state index in [0.29, 0.717) is 0 Å². The van der Waals surface area contributed by atoms with Crippen LogP contribution in [0.3, 0.4) is 0 Å². The summed E-state index contributed by atoms with van der Waals surface area (Å²) in [6.45, 7) is 2.06. The highest BCUT2D eigenvalue weighted by Gasteiger charge is 1.70. The molecule has 0 aliphatic rings. The van der Waals surface area contributed by atoms with Crippen LogP contribution in [-0.4, -0.2) is 4.98 Å².